The fourth-order valence-electron chi connectivity index (χ4n) is 4.27. The molecule has 0 saturated carbocycles. The quantitative estimate of drug-likeness (QED) is 0.265. The predicted molar refractivity (Wildman–Crippen MR) is 116 cm³/mol. The van der Waals surface area contributed by atoms with E-state index < -0.39 is 20.4 Å². The van der Waals surface area contributed by atoms with Gasteiger partial charge in [-0.2, -0.15) is 0 Å². The highest BCUT2D eigenvalue weighted by Gasteiger charge is 2.47. The van der Waals surface area contributed by atoms with E-state index >= 15 is 0 Å². The fraction of sp³-hybridized carbons (Fsp3) is 0.810. The van der Waals surface area contributed by atoms with Gasteiger partial charge in [0.25, 0.3) is 0 Å². The van der Waals surface area contributed by atoms with E-state index in [1.165, 1.54) is 12.0 Å². The molecule has 0 aliphatic heterocycles. The van der Waals surface area contributed by atoms with Crippen molar-refractivity contribution in [2.24, 2.45) is 0 Å². The number of carbonyl (C=O) groups is 2. The van der Waals surface area contributed by atoms with Gasteiger partial charge in [0.15, 0.2) is 0 Å². The molecule has 0 unspecified atom stereocenters. The van der Waals surface area contributed by atoms with Crippen LogP contribution in [0.3, 0.4) is 0 Å². The molecule has 0 N–H and O–H groups in total. The van der Waals surface area contributed by atoms with Crippen molar-refractivity contribution in [3.05, 3.63) is 12.2 Å². The van der Waals surface area contributed by atoms with Crippen molar-refractivity contribution in [1.29, 1.82) is 0 Å². The maximum absolute atomic E-state index is 12.4. The zero-order valence-corrected chi connectivity index (χ0v) is 20.5. The number of carbonyl (C=O) groups excluding carboxylic acids is 2. The number of amides is 1. The molecule has 2 atom stereocenters. The number of nitrogens with zero attached hydrogens (tertiary/aromatic N) is 1. The Kier molecular flexibility index (Phi) is 11.1. The van der Waals surface area contributed by atoms with Gasteiger partial charge >= 0.3 is 12.1 Å². The molecule has 0 aromatic heterocycles. The van der Waals surface area contributed by atoms with Crippen LogP contribution in [0.2, 0.25) is 16.6 Å². The Morgan fingerprint density at radius 3 is 1.82 bits per heavy atom. The Balaban J connectivity index is 5.88. The number of esters is 1. The molecule has 1 amide bonds. The Labute approximate surface area is 172 Å². The van der Waals surface area contributed by atoms with Crippen molar-refractivity contribution < 1.29 is 23.5 Å². The normalized spacial score (nSPS) is 14.2. The maximum Gasteiger partial charge on any atom is 0.409 e. The van der Waals surface area contributed by atoms with Crippen molar-refractivity contribution in [2.45, 2.75) is 90.6 Å². The van der Waals surface area contributed by atoms with E-state index in [1.54, 1.807) is 14.0 Å². The second-order valence-corrected chi connectivity index (χ2v) is 13.7. The van der Waals surface area contributed by atoms with Crippen molar-refractivity contribution >= 4 is 20.4 Å². The van der Waals surface area contributed by atoms with Crippen molar-refractivity contribution in [2.75, 3.05) is 20.8 Å². The van der Waals surface area contributed by atoms with Crippen molar-refractivity contribution in [3.63, 3.8) is 0 Å². The zero-order chi connectivity index (χ0) is 22.2. The largest absolute Gasteiger partial charge is 0.466 e. The molecule has 0 spiro atoms. The molecule has 7 heteroatoms. The molecule has 0 radical (unpaired) electrons. The van der Waals surface area contributed by atoms with E-state index in [1.807, 2.05) is 6.92 Å². The van der Waals surface area contributed by atoms with Gasteiger partial charge in [0.05, 0.1) is 25.9 Å². The average Bonchev–Trinajstić information content (AvgIpc) is 2.61. The molecule has 0 aromatic rings. The van der Waals surface area contributed by atoms with Gasteiger partial charge in [-0.1, -0.05) is 48.1 Å². The predicted octanol–water partition coefficient (Wildman–Crippen LogP) is 5.14. The fourth-order valence-corrected chi connectivity index (χ4v) is 9.88. The Hall–Kier alpha value is -1.34. The topological polar surface area (TPSA) is 65.1 Å². The first-order valence-electron chi connectivity index (χ1n) is 10.2. The van der Waals surface area contributed by atoms with E-state index in [4.69, 9.17) is 13.9 Å². The summed E-state index contributed by atoms with van der Waals surface area (Å²) in [6, 6.07) is -0.381. The van der Waals surface area contributed by atoms with Crippen molar-refractivity contribution in [1.82, 2.24) is 4.90 Å². The molecular weight excluding hydrogens is 374 g/mol. The second-order valence-electron chi connectivity index (χ2n) is 8.32. The number of hydrogen-bond donors (Lipinski definition) is 0. The molecular formula is C21H41NO5Si. The first-order valence-corrected chi connectivity index (χ1v) is 12.3. The SMILES string of the molecule is C=C(C[C@H]([C@H](C)O[Si](C(C)C)(C(C)C)C(C)C)N(C)C(=O)OCC)C(=O)OC. The summed E-state index contributed by atoms with van der Waals surface area (Å²) < 4.78 is 16.8. The standard InChI is InChI=1S/C21H41NO5Si/c1-12-26-21(24)22(10)19(13-17(8)20(23)25-11)18(9)27-28(14(2)3,15(4)5)16(6)7/h14-16,18-19H,8,12-13H2,1-7,9-11H3/t18-,19+/m0/s1. The number of likely N-dealkylation sites (N-methyl/N-ethyl adjacent to an activating group) is 1. The summed E-state index contributed by atoms with van der Waals surface area (Å²) in [5.41, 5.74) is 1.54. The van der Waals surface area contributed by atoms with Crippen LogP contribution in [0.25, 0.3) is 0 Å². The monoisotopic (exact) mass is 415 g/mol. The minimum Gasteiger partial charge on any atom is -0.466 e. The molecule has 0 heterocycles. The van der Waals surface area contributed by atoms with Gasteiger partial charge in [0.1, 0.15) is 0 Å². The zero-order valence-electron chi connectivity index (χ0n) is 19.5. The molecule has 0 aromatic carbocycles. The smallest absolute Gasteiger partial charge is 0.409 e. The molecule has 0 saturated heterocycles. The molecule has 0 bridgehead atoms. The maximum atomic E-state index is 12.4. The molecule has 0 aliphatic rings. The highest BCUT2D eigenvalue weighted by atomic mass is 28.4. The highest BCUT2D eigenvalue weighted by molar-refractivity contribution is 6.77. The van der Waals surface area contributed by atoms with Crippen LogP contribution in [-0.4, -0.2) is 58.2 Å². The Bertz CT molecular complexity index is 511. The molecule has 0 fully saturated rings. The molecule has 0 rings (SSSR count). The number of methoxy groups -OCH3 is 1. The van der Waals surface area contributed by atoms with Crippen LogP contribution in [0.4, 0.5) is 4.79 Å². The van der Waals surface area contributed by atoms with Crippen molar-refractivity contribution in [3.8, 4) is 0 Å². The molecule has 164 valence electrons. The number of ether oxygens (including phenoxy) is 2. The van der Waals surface area contributed by atoms with Gasteiger partial charge in [-0.3, -0.25) is 0 Å². The summed E-state index contributed by atoms with van der Waals surface area (Å²) in [5, 5.41) is 0. The lowest BCUT2D eigenvalue weighted by molar-refractivity contribution is -0.136. The summed E-state index contributed by atoms with van der Waals surface area (Å²) >= 11 is 0. The van der Waals surface area contributed by atoms with E-state index in [9.17, 15) is 9.59 Å². The number of hydrogen-bond acceptors (Lipinski definition) is 5. The van der Waals surface area contributed by atoms with Gasteiger partial charge in [0, 0.05) is 19.0 Å². The lowest BCUT2D eigenvalue weighted by Crippen LogP contribution is -2.54. The lowest BCUT2D eigenvalue weighted by atomic mass is 10.0. The highest BCUT2D eigenvalue weighted by Crippen LogP contribution is 2.43. The minimum atomic E-state index is -2.16. The third kappa shape index (κ3) is 6.34. The molecule has 0 aliphatic carbocycles. The Morgan fingerprint density at radius 1 is 1.00 bits per heavy atom. The van der Waals surface area contributed by atoms with E-state index in [0.717, 1.165) is 0 Å². The first-order chi connectivity index (χ1) is 12.9. The van der Waals surface area contributed by atoms with E-state index in [2.05, 4.69) is 48.1 Å². The second kappa shape index (κ2) is 11.6. The van der Waals surface area contributed by atoms with Crippen LogP contribution >= 0.6 is 0 Å². The molecule has 28 heavy (non-hydrogen) atoms. The molecule has 6 nitrogen and oxygen atoms in total. The summed E-state index contributed by atoms with van der Waals surface area (Å²) in [6.07, 6.45) is -0.455. The number of rotatable bonds is 11. The third-order valence-corrected chi connectivity index (χ3v) is 11.8. The third-order valence-electron chi connectivity index (χ3n) is 5.62. The summed E-state index contributed by atoms with van der Waals surface area (Å²) in [5.74, 6) is -0.477. The summed E-state index contributed by atoms with van der Waals surface area (Å²) in [6.45, 7) is 21.2. The lowest BCUT2D eigenvalue weighted by Gasteiger charge is -2.46. The van der Waals surface area contributed by atoms with Crippen LogP contribution in [0.5, 0.6) is 0 Å². The van der Waals surface area contributed by atoms with Crippen LogP contribution in [0.1, 0.15) is 61.8 Å². The van der Waals surface area contributed by atoms with Gasteiger partial charge in [-0.15, -0.1) is 0 Å². The first kappa shape index (κ1) is 26.7. The van der Waals surface area contributed by atoms with E-state index in [0.29, 0.717) is 22.2 Å². The van der Waals surface area contributed by atoms with Crippen LogP contribution in [-0.2, 0) is 18.7 Å². The van der Waals surface area contributed by atoms with E-state index in [-0.39, 0.29) is 25.2 Å². The van der Waals surface area contributed by atoms with Gasteiger partial charge in [-0.05, 0) is 30.5 Å². The van der Waals surface area contributed by atoms with Crippen LogP contribution in [0.15, 0.2) is 12.2 Å². The summed E-state index contributed by atoms with van der Waals surface area (Å²) in [7, 11) is 0.838. The minimum absolute atomic E-state index is 0.266. The van der Waals surface area contributed by atoms with Gasteiger partial charge < -0.3 is 18.8 Å². The Morgan fingerprint density at radius 2 is 1.46 bits per heavy atom. The summed E-state index contributed by atoms with van der Waals surface area (Å²) in [4.78, 5) is 25.8. The average molecular weight is 416 g/mol. The van der Waals surface area contributed by atoms with Gasteiger partial charge in [0.2, 0.25) is 8.32 Å². The van der Waals surface area contributed by atoms with Crippen LogP contribution < -0.4 is 0 Å². The van der Waals surface area contributed by atoms with Crippen LogP contribution in [0, 0.1) is 0 Å². The van der Waals surface area contributed by atoms with Gasteiger partial charge in [-0.25, -0.2) is 9.59 Å².